The van der Waals surface area contributed by atoms with E-state index >= 15 is 0 Å². The number of ether oxygens (including phenoxy) is 1. The Labute approximate surface area is 120 Å². The van der Waals surface area contributed by atoms with Crippen molar-refractivity contribution in [3.8, 4) is 0 Å². The van der Waals surface area contributed by atoms with E-state index in [1.807, 2.05) is 0 Å². The normalized spacial score (nSPS) is 21.2. The molecule has 0 radical (unpaired) electrons. The Morgan fingerprint density at radius 2 is 2.25 bits per heavy atom. The molecule has 20 heavy (non-hydrogen) atoms. The van der Waals surface area contributed by atoms with E-state index in [4.69, 9.17) is 9.15 Å². The van der Waals surface area contributed by atoms with Crippen LogP contribution in [-0.4, -0.2) is 19.3 Å². The van der Waals surface area contributed by atoms with Crippen molar-refractivity contribution in [3.63, 3.8) is 0 Å². The molecule has 2 atom stereocenters. The maximum atomic E-state index is 6.12. The number of aryl methyl sites for hydroxylation is 1. The first-order chi connectivity index (χ1) is 9.79. The SMILES string of the molecule is CCNC(c1cc2cccc(C)c2o1)C1CCCCO1. The van der Waals surface area contributed by atoms with Crippen LogP contribution in [0, 0.1) is 6.92 Å². The maximum absolute atomic E-state index is 6.12. The predicted molar refractivity (Wildman–Crippen MR) is 81.0 cm³/mol. The molecule has 0 bridgehead atoms. The Bertz CT molecular complexity index is 569. The highest BCUT2D eigenvalue weighted by atomic mass is 16.5. The summed E-state index contributed by atoms with van der Waals surface area (Å²) in [5.41, 5.74) is 2.19. The monoisotopic (exact) mass is 273 g/mol. The maximum Gasteiger partial charge on any atom is 0.137 e. The van der Waals surface area contributed by atoms with E-state index < -0.39 is 0 Å². The molecule has 1 aromatic carbocycles. The van der Waals surface area contributed by atoms with E-state index in [0.29, 0.717) is 0 Å². The molecule has 0 spiro atoms. The number of hydrogen-bond acceptors (Lipinski definition) is 3. The molecular formula is C17H23NO2. The Hall–Kier alpha value is -1.32. The van der Waals surface area contributed by atoms with Gasteiger partial charge in [-0.3, -0.25) is 0 Å². The molecule has 1 aliphatic heterocycles. The number of hydrogen-bond donors (Lipinski definition) is 1. The van der Waals surface area contributed by atoms with Gasteiger partial charge in [0.25, 0.3) is 0 Å². The third-order valence-electron chi connectivity index (χ3n) is 4.08. The first-order valence-corrected chi connectivity index (χ1v) is 7.63. The van der Waals surface area contributed by atoms with Gasteiger partial charge in [-0.2, -0.15) is 0 Å². The highest BCUT2D eigenvalue weighted by Crippen LogP contribution is 2.31. The van der Waals surface area contributed by atoms with Gasteiger partial charge in [-0.25, -0.2) is 0 Å². The van der Waals surface area contributed by atoms with E-state index in [2.05, 4.69) is 43.4 Å². The number of nitrogens with one attached hydrogen (secondary N) is 1. The molecular weight excluding hydrogens is 250 g/mol. The summed E-state index contributed by atoms with van der Waals surface area (Å²) in [5, 5.41) is 4.71. The summed E-state index contributed by atoms with van der Waals surface area (Å²) < 4.78 is 12.1. The van der Waals surface area contributed by atoms with Crippen molar-refractivity contribution >= 4 is 11.0 Å². The minimum Gasteiger partial charge on any atom is -0.459 e. The van der Waals surface area contributed by atoms with Crippen molar-refractivity contribution in [1.29, 1.82) is 0 Å². The standard InChI is InChI=1S/C17H23NO2/c1-3-18-16(14-9-4-5-10-19-14)15-11-13-8-6-7-12(2)17(13)20-15/h6-8,11,14,16,18H,3-5,9-10H2,1-2H3. The van der Waals surface area contributed by atoms with Gasteiger partial charge in [0.2, 0.25) is 0 Å². The molecule has 2 heterocycles. The van der Waals surface area contributed by atoms with Crippen molar-refractivity contribution in [2.45, 2.75) is 45.3 Å². The molecule has 2 aromatic rings. The Balaban J connectivity index is 1.93. The molecule has 0 aliphatic carbocycles. The molecule has 1 saturated heterocycles. The molecule has 3 nitrogen and oxygen atoms in total. The lowest BCUT2D eigenvalue weighted by molar-refractivity contribution is -0.0119. The van der Waals surface area contributed by atoms with E-state index in [-0.39, 0.29) is 12.1 Å². The minimum atomic E-state index is 0.159. The molecule has 3 heteroatoms. The van der Waals surface area contributed by atoms with Crippen LogP contribution in [-0.2, 0) is 4.74 Å². The molecule has 3 rings (SSSR count). The van der Waals surface area contributed by atoms with Crippen molar-refractivity contribution in [2.75, 3.05) is 13.2 Å². The van der Waals surface area contributed by atoms with Gasteiger partial charge in [0.15, 0.2) is 0 Å². The number of furan rings is 1. The van der Waals surface area contributed by atoms with Crippen LogP contribution in [0.2, 0.25) is 0 Å². The molecule has 1 aliphatic rings. The largest absolute Gasteiger partial charge is 0.459 e. The molecule has 0 amide bonds. The number of rotatable bonds is 4. The smallest absolute Gasteiger partial charge is 0.137 e. The fraction of sp³-hybridized carbons (Fsp3) is 0.529. The second-order valence-corrected chi connectivity index (χ2v) is 5.58. The molecule has 108 valence electrons. The number of fused-ring (bicyclic) bond motifs is 1. The van der Waals surface area contributed by atoms with Gasteiger partial charge < -0.3 is 14.5 Å². The molecule has 1 fully saturated rings. The summed E-state index contributed by atoms with van der Waals surface area (Å²) >= 11 is 0. The Morgan fingerprint density at radius 3 is 2.95 bits per heavy atom. The van der Waals surface area contributed by atoms with Gasteiger partial charge in [0.1, 0.15) is 11.3 Å². The molecule has 1 N–H and O–H groups in total. The minimum absolute atomic E-state index is 0.159. The third kappa shape index (κ3) is 2.60. The van der Waals surface area contributed by atoms with Crippen molar-refractivity contribution in [2.24, 2.45) is 0 Å². The zero-order valence-electron chi connectivity index (χ0n) is 12.3. The number of likely N-dealkylation sites (N-methyl/N-ethyl adjacent to an activating group) is 1. The van der Waals surface area contributed by atoms with Crippen LogP contribution in [0.25, 0.3) is 11.0 Å². The second kappa shape index (κ2) is 5.98. The van der Waals surface area contributed by atoms with Gasteiger partial charge in [-0.15, -0.1) is 0 Å². The highest BCUT2D eigenvalue weighted by molar-refractivity contribution is 5.81. The summed E-state index contributed by atoms with van der Waals surface area (Å²) in [6, 6.07) is 8.60. The first-order valence-electron chi connectivity index (χ1n) is 7.63. The fourth-order valence-corrected chi connectivity index (χ4v) is 3.05. The van der Waals surface area contributed by atoms with E-state index in [1.165, 1.54) is 23.8 Å². The van der Waals surface area contributed by atoms with Gasteiger partial charge in [0, 0.05) is 12.0 Å². The highest BCUT2D eigenvalue weighted by Gasteiger charge is 2.28. The van der Waals surface area contributed by atoms with Gasteiger partial charge in [-0.1, -0.05) is 25.1 Å². The van der Waals surface area contributed by atoms with Gasteiger partial charge in [-0.05, 0) is 44.4 Å². The lowest BCUT2D eigenvalue weighted by Crippen LogP contribution is -2.35. The van der Waals surface area contributed by atoms with Crippen LogP contribution in [0.4, 0.5) is 0 Å². The van der Waals surface area contributed by atoms with E-state index in [9.17, 15) is 0 Å². The lowest BCUT2D eigenvalue weighted by atomic mass is 10.00. The van der Waals surface area contributed by atoms with Crippen molar-refractivity contribution < 1.29 is 9.15 Å². The van der Waals surface area contributed by atoms with Crippen LogP contribution in [0.5, 0.6) is 0 Å². The van der Waals surface area contributed by atoms with Crippen LogP contribution in [0.3, 0.4) is 0 Å². The van der Waals surface area contributed by atoms with Crippen molar-refractivity contribution in [1.82, 2.24) is 5.32 Å². The number of para-hydroxylation sites is 1. The zero-order valence-corrected chi connectivity index (χ0v) is 12.3. The van der Waals surface area contributed by atoms with E-state index in [1.54, 1.807) is 0 Å². The average Bonchev–Trinajstić information content (AvgIpc) is 2.91. The van der Waals surface area contributed by atoms with Crippen LogP contribution in [0.1, 0.15) is 43.6 Å². The van der Waals surface area contributed by atoms with Crippen LogP contribution >= 0.6 is 0 Å². The topological polar surface area (TPSA) is 34.4 Å². The van der Waals surface area contributed by atoms with Gasteiger partial charge >= 0.3 is 0 Å². The zero-order chi connectivity index (χ0) is 13.9. The Kier molecular flexibility index (Phi) is 4.08. The summed E-state index contributed by atoms with van der Waals surface area (Å²) in [7, 11) is 0. The quantitative estimate of drug-likeness (QED) is 0.915. The lowest BCUT2D eigenvalue weighted by Gasteiger charge is -2.29. The first kappa shape index (κ1) is 13.7. The summed E-state index contributed by atoms with van der Waals surface area (Å²) in [5.74, 6) is 1.00. The average molecular weight is 273 g/mol. The van der Waals surface area contributed by atoms with E-state index in [0.717, 1.165) is 30.9 Å². The third-order valence-corrected chi connectivity index (χ3v) is 4.08. The van der Waals surface area contributed by atoms with Crippen LogP contribution in [0.15, 0.2) is 28.7 Å². The molecule has 0 saturated carbocycles. The number of benzene rings is 1. The van der Waals surface area contributed by atoms with Gasteiger partial charge in [0.05, 0.1) is 12.1 Å². The Morgan fingerprint density at radius 1 is 1.35 bits per heavy atom. The summed E-state index contributed by atoms with van der Waals surface area (Å²) in [4.78, 5) is 0. The van der Waals surface area contributed by atoms with Crippen molar-refractivity contribution in [3.05, 3.63) is 35.6 Å². The predicted octanol–water partition coefficient (Wildman–Crippen LogP) is 3.96. The van der Waals surface area contributed by atoms with Crippen LogP contribution < -0.4 is 5.32 Å². The summed E-state index contributed by atoms with van der Waals surface area (Å²) in [6.07, 6.45) is 3.75. The fourth-order valence-electron chi connectivity index (χ4n) is 3.05. The molecule has 1 aromatic heterocycles. The second-order valence-electron chi connectivity index (χ2n) is 5.58. The molecule has 2 unspecified atom stereocenters. The summed E-state index contributed by atoms with van der Waals surface area (Å²) in [6.45, 7) is 6.01.